The number of anilines is 1. The van der Waals surface area contributed by atoms with E-state index in [9.17, 15) is 28.8 Å². The molecule has 1 aromatic rings. The van der Waals surface area contributed by atoms with Crippen molar-refractivity contribution in [3.05, 3.63) is 29.3 Å². The zero-order valence-electron chi connectivity index (χ0n) is 18.4. The van der Waals surface area contributed by atoms with Crippen LogP contribution in [0.15, 0.2) is 18.2 Å². The highest BCUT2D eigenvalue weighted by Crippen LogP contribution is 2.33. The highest BCUT2D eigenvalue weighted by molar-refractivity contribution is 6.23. The lowest BCUT2D eigenvalue weighted by Gasteiger charge is -2.41. The number of fused-ring (bicyclic) bond motifs is 1. The normalized spacial score (nSPS) is 23.6. The minimum atomic E-state index is -1.00. The number of carboxylic acids is 1. The summed E-state index contributed by atoms with van der Waals surface area (Å²) in [4.78, 5) is 77.7. The molecule has 34 heavy (non-hydrogen) atoms. The van der Waals surface area contributed by atoms with Crippen LogP contribution in [-0.2, 0) is 19.2 Å². The Balaban J connectivity index is 1.24. The summed E-state index contributed by atoms with van der Waals surface area (Å²) in [6, 6.07) is 3.99. The molecular formula is C23H24N4O7. The topological polar surface area (TPSA) is 144 Å². The molecule has 0 bridgehead atoms. The first-order valence-electron chi connectivity index (χ1n) is 11.4. The van der Waals surface area contributed by atoms with Crippen molar-refractivity contribution in [2.45, 2.75) is 31.7 Å². The number of carbonyl (C=O) groups is 6. The van der Waals surface area contributed by atoms with Crippen LogP contribution in [0.1, 0.15) is 46.4 Å². The van der Waals surface area contributed by atoms with Gasteiger partial charge in [-0.3, -0.25) is 39.0 Å². The van der Waals surface area contributed by atoms with E-state index < -0.39 is 41.6 Å². The van der Waals surface area contributed by atoms with Crippen LogP contribution in [0.25, 0.3) is 0 Å². The van der Waals surface area contributed by atoms with Gasteiger partial charge in [-0.15, -0.1) is 0 Å². The van der Waals surface area contributed by atoms with Crippen molar-refractivity contribution in [1.82, 2.24) is 15.1 Å². The third kappa shape index (κ3) is 3.61. The molecule has 11 heteroatoms. The van der Waals surface area contributed by atoms with Gasteiger partial charge < -0.3 is 14.9 Å². The first-order valence-corrected chi connectivity index (χ1v) is 11.4. The molecule has 4 aliphatic rings. The number of likely N-dealkylation sites (tertiary alicyclic amines) is 1. The fraction of sp³-hybridized carbons (Fsp3) is 0.478. The second-order valence-electron chi connectivity index (χ2n) is 9.22. The smallest absolute Gasteiger partial charge is 0.310 e. The van der Waals surface area contributed by atoms with E-state index in [1.165, 1.54) is 0 Å². The predicted octanol–water partition coefficient (Wildman–Crippen LogP) is -0.153. The quantitative estimate of drug-likeness (QED) is 0.581. The Bertz CT molecular complexity index is 1120. The van der Waals surface area contributed by atoms with Gasteiger partial charge in [0.15, 0.2) is 0 Å². The molecule has 5 amide bonds. The summed E-state index contributed by atoms with van der Waals surface area (Å²) in [6.07, 6.45) is 1.39. The van der Waals surface area contributed by atoms with E-state index in [1.807, 2.05) is 4.90 Å². The van der Waals surface area contributed by atoms with E-state index in [-0.39, 0.29) is 48.9 Å². The molecule has 3 saturated heterocycles. The maximum atomic E-state index is 13.0. The summed E-state index contributed by atoms with van der Waals surface area (Å²) in [7, 11) is 0. The van der Waals surface area contributed by atoms with Gasteiger partial charge >= 0.3 is 5.97 Å². The molecule has 1 atom stereocenters. The van der Waals surface area contributed by atoms with E-state index in [0.29, 0.717) is 25.9 Å². The average Bonchev–Trinajstić information content (AvgIpc) is 3.02. The van der Waals surface area contributed by atoms with Gasteiger partial charge in [0.05, 0.1) is 17.0 Å². The fourth-order valence-electron chi connectivity index (χ4n) is 5.11. The van der Waals surface area contributed by atoms with Crippen LogP contribution >= 0.6 is 0 Å². The van der Waals surface area contributed by atoms with E-state index in [0.717, 1.165) is 10.6 Å². The van der Waals surface area contributed by atoms with Crippen LogP contribution in [0.4, 0.5) is 5.69 Å². The Labute approximate surface area is 194 Å². The third-order valence-corrected chi connectivity index (χ3v) is 7.18. The molecule has 0 saturated carbocycles. The Morgan fingerprint density at radius 2 is 1.59 bits per heavy atom. The lowest BCUT2D eigenvalue weighted by atomic mass is 9.91. The minimum Gasteiger partial charge on any atom is -0.481 e. The van der Waals surface area contributed by atoms with Crippen LogP contribution in [-0.4, -0.2) is 82.6 Å². The zero-order valence-corrected chi connectivity index (χ0v) is 18.4. The zero-order chi connectivity index (χ0) is 24.1. The largest absolute Gasteiger partial charge is 0.481 e. The molecule has 4 heterocycles. The summed E-state index contributed by atoms with van der Waals surface area (Å²) in [5.41, 5.74) is 1.21. The molecular weight excluding hydrogens is 444 g/mol. The molecule has 3 fully saturated rings. The molecule has 11 nitrogen and oxygen atoms in total. The van der Waals surface area contributed by atoms with Gasteiger partial charge in [-0.1, -0.05) is 0 Å². The average molecular weight is 468 g/mol. The van der Waals surface area contributed by atoms with Crippen LogP contribution < -0.4 is 10.2 Å². The molecule has 0 aliphatic carbocycles. The van der Waals surface area contributed by atoms with Crippen LogP contribution in [0.3, 0.4) is 0 Å². The summed E-state index contributed by atoms with van der Waals surface area (Å²) >= 11 is 0. The van der Waals surface area contributed by atoms with Gasteiger partial charge in [0.2, 0.25) is 17.7 Å². The summed E-state index contributed by atoms with van der Waals surface area (Å²) < 4.78 is 0. The second kappa shape index (κ2) is 8.23. The fourth-order valence-corrected chi connectivity index (χ4v) is 5.11. The Hall–Kier alpha value is -3.76. The molecule has 0 spiro atoms. The number of piperidine rings is 2. The number of carbonyl (C=O) groups excluding carboxylic acids is 5. The first kappa shape index (κ1) is 22.1. The molecule has 1 unspecified atom stereocenters. The number of hydrogen-bond acceptors (Lipinski definition) is 7. The number of amides is 5. The number of nitrogens with zero attached hydrogens (tertiary/aromatic N) is 3. The highest BCUT2D eigenvalue weighted by Gasteiger charge is 2.45. The molecule has 0 radical (unpaired) electrons. The number of rotatable bonds is 4. The maximum absolute atomic E-state index is 13.0. The van der Waals surface area contributed by atoms with Crippen molar-refractivity contribution in [2.24, 2.45) is 11.8 Å². The van der Waals surface area contributed by atoms with Crippen molar-refractivity contribution in [1.29, 1.82) is 0 Å². The number of aliphatic carboxylic acids is 1. The number of imide groups is 2. The van der Waals surface area contributed by atoms with Gasteiger partial charge in [-0.2, -0.15) is 0 Å². The Morgan fingerprint density at radius 1 is 0.912 bits per heavy atom. The predicted molar refractivity (Wildman–Crippen MR) is 116 cm³/mol. The summed E-state index contributed by atoms with van der Waals surface area (Å²) in [5, 5.41) is 11.2. The van der Waals surface area contributed by atoms with Crippen molar-refractivity contribution in [2.75, 3.05) is 31.1 Å². The van der Waals surface area contributed by atoms with Crippen molar-refractivity contribution >= 4 is 41.2 Å². The van der Waals surface area contributed by atoms with Gasteiger partial charge in [0.1, 0.15) is 6.04 Å². The van der Waals surface area contributed by atoms with Crippen LogP contribution in [0, 0.1) is 11.8 Å². The Morgan fingerprint density at radius 3 is 2.24 bits per heavy atom. The summed E-state index contributed by atoms with van der Waals surface area (Å²) in [5.74, 6) is -3.67. The van der Waals surface area contributed by atoms with E-state index >= 15 is 0 Å². The molecule has 0 aromatic heterocycles. The van der Waals surface area contributed by atoms with Gasteiger partial charge in [-0.05, 0) is 37.5 Å². The monoisotopic (exact) mass is 468 g/mol. The van der Waals surface area contributed by atoms with Crippen LogP contribution in [0.2, 0.25) is 0 Å². The SMILES string of the molecule is O=C1CCC(N2C(=O)c3ccc(N4CCC(C(=O)N5CC(C(=O)O)C5)CC4)cc3C2=O)C(=O)N1. The van der Waals surface area contributed by atoms with E-state index in [2.05, 4.69) is 5.32 Å². The first-order chi connectivity index (χ1) is 16.2. The number of hydrogen-bond donors (Lipinski definition) is 2. The van der Waals surface area contributed by atoms with Crippen molar-refractivity contribution in [3.8, 4) is 0 Å². The minimum absolute atomic E-state index is 0.00763. The number of benzene rings is 1. The lowest BCUT2D eigenvalue weighted by Crippen LogP contribution is -2.55. The van der Waals surface area contributed by atoms with E-state index in [1.54, 1.807) is 23.1 Å². The van der Waals surface area contributed by atoms with Gasteiger partial charge in [0, 0.05) is 44.2 Å². The standard InChI is InChI=1S/C23H24N4O7/c28-18-4-3-17(19(29)24-18)27-21(31)15-2-1-14(9-16(15)22(27)32)25-7-5-12(6-8-25)20(30)26-10-13(11-26)23(33)34/h1-2,9,12-13,17H,3-8,10-11H2,(H,33,34)(H,24,28,29). The lowest BCUT2D eigenvalue weighted by molar-refractivity contribution is -0.155. The second-order valence-corrected chi connectivity index (χ2v) is 9.22. The number of nitrogens with one attached hydrogen (secondary N) is 1. The maximum Gasteiger partial charge on any atom is 0.310 e. The van der Waals surface area contributed by atoms with Crippen LogP contribution in [0.5, 0.6) is 0 Å². The van der Waals surface area contributed by atoms with Gasteiger partial charge in [-0.25, -0.2) is 0 Å². The third-order valence-electron chi connectivity index (χ3n) is 7.18. The molecule has 2 N–H and O–H groups in total. The molecule has 4 aliphatic heterocycles. The summed E-state index contributed by atoms with van der Waals surface area (Å²) in [6.45, 7) is 1.70. The van der Waals surface area contributed by atoms with Crippen molar-refractivity contribution in [3.63, 3.8) is 0 Å². The Kier molecular flexibility index (Phi) is 5.34. The molecule has 1 aromatic carbocycles. The van der Waals surface area contributed by atoms with E-state index in [4.69, 9.17) is 5.11 Å². The highest BCUT2D eigenvalue weighted by atomic mass is 16.4. The molecule has 5 rings (SSSR count). The molecule has 178 valence electrons. The van der Waals surface area contributed by atoms with Gasteiger partial charge in [0.25, 0.3) is 11.8 Å². The number of carboxylic acid groups (broad SMARTS) is 1. The van der Waals surface area contributed by atoms with Crippen molar-refractivity contribution < 1.29 is 33.9 Å².